The number of hydrogen-bond acceptors (Lipinski definition) is 4. The van der Waals surface area contributed by atoms with E-state index in [1.807, 2.05) is 6.07 Å². The molecule has 0 saturated carbocycles. The van der Waals surface area contributed by atoms with Crippen LogP contribution in [0.4, 0.5) is 5.82 Å². The molecule has 108 valence electrons. The lowest BCUT2D eigenvalue weighted by Crippen LogP contribution is -2.34. The number of nitrogens with one attached hydrogen (secondary N) is 1. The molecule has 2 unspecified atom stereocenters. The molecule has 0 saturated heterocycles. The summed E-state index contributed by atoms with van der Waals surface area (Å²) in [7, 11) is 1.73. The second-order valence-electron chi connectivity index (χ2n) is 4.62. The second-order valence-corrected chi connectivity index (χ2v) is 5.06. The molecule has 0 aliphatic rings. The van der Waals surface area contributed by atoms with Crippen LogP contribution in [-0.4, -0.2) is 24.7 Å². The summed E-state index contributed by atoms with van der Waals surface area (Å²) in [4.78, 5) is 4.13. The van der Waals surface area contributed by atoms with Crippen LogP contribution >= 0.6 is 11.6 Å². The van der Waals surface area contributed by atoms with Gasteiger partial charge in [-0.3, -0.25) is 0 Å². The van der Waals surface area contributed by atoms with E-state index in [9.17, 15) is 0 Å². The number of hydrogen-bond donors (Lipinski definition) is 2. The van der Waals surface area contributed by atoms with E-state index in [0.29, 0.717) is 10.8 Å². The number of pyridine rings is 1. The van der Waals surface area contributed by atoms with E-state index < -0.39 is 0 Å². The number of anilines is 1. The Balaban J connectivity index is 3.03. The van der Waals surface area contributed by atoms with Crippen molar-refractivity contribution in [1.29, 1.82) is 0 Å². The maximum atomic E-state index is 6.03. The highest BCUT2D eigenvalue weighted by atomic mass is 35.5. The van der Waals surface area contributed by atoms with E-state index in [2.05, 4.69) is 24.1 Å². The number of nitrogens with zero attached hydrogens (tertiary/aromatic N) is 1. The van der Waals surface area contributed by atoms with Crippen LogP contribution < -0.4 is 11.1 Å². The standard InChI is InChI=1S/C14H24ClN3O/c1-4-6-12(19-3)13(17-7-5-2)11-8-10(15)9-18-14(11)16/h8-9,12-13,17H,4-7H2,1-3H3,(H2,16,18). The van der Waals surface area contributed by atoms with E-state index in [4.69, 9.17) is 22.1 Å². The summed E-state index contributed by atoms with van der Waals surface area (Å²) in [6.45, 7) is 5.17. The minimum absolute atomic E-state index is 0.0242. The van der Waals surface area contributed by atoms with Crippen LogP contribution in [0.25, 0.3) is 0 Å². The van der Waals surface area contributed by atoms with Crippen molar-refractivity contribution in [1.82, 2.24) is 10.3 Å². The molecule has 0 aromatic carbocycles. The van der Waals surface area contributed by atoms with E-state index in [1.165, 1.54) is 0 Å². The zero-order chi connectivity index (χ0) is 14.3. The molecule has 0 radical (unpaired) electrons. The van der Waals surface area contributed by atoms with Crippen LogP contribution in [0, 0.1) is 0 Å². The van der Waals surface area contributed by atoms with Crippen LogP contribution in [-0.2, 0) is 4.74 Å². The van der Waals surface area contributed by atoms with Crippen molar-refractivity contribution in [2.24, 2.45) is 0 Å². The van der Waals surface area contributed by atoms with Gasteiger partial charge in [-0.2, -0.15) is 0 Å². The number of nitrogens with two attached hydrogens (primary N) is 1. The fraction of sp³-hybridized carbons (Fsp3) is 0.643. The van der Waals surface area contributed by atoms with Gasteiger partial charge in [0.2, 0.25) is 0 Å². The van der Waals surface area contributed by atoms with Crippen molar-refractivity contribution in [3.63, 3.8) is 0 Å². The molecule has 1 aromatic heterocycles. The predicted molar refractivity (Wildman–Crippen MR) is 80.4 cm³/mol. The molecule has 19 heavy (non-hydrogen) atoms. The van der Waals surface area contributed by atoms with Gasteiger partial charge in [0.15, 0.2) is 0 Å². The Morgan fingerprint density at radius 2 is 2.16 bits per heavy atom. The number of ether oxygens (including phenoxy) is 1. The van der Waals surface area contributed by atoms with E-state index >= 15 is 0 Å². The maximum absolute atomic E-state index is 6.03. The third kappa shape index (κ3) is 4.64. The van der Waals surface area contributed by atoms with Gasteiger partial charge in [0.25, 0.3) is 0 Å². The molecule has 1 heterocycles. The first-order valence-electron chi connectivity index (χ1n) is 6.81. The molecule has 0 amide bonds. The molecular formula is C14H24ClN3O. The normalized spacial score (nSPS) is 14.3. The van der Waals surface area contributed by atoms with Gasteiger partial charge in [0.1, 0.15) is 5.82 Å². The van der Waals surface area contributed by atoms with Gasteiger partial charge >= 0.3 is 0 Å². The van der Waals surface area contributed by atoms with Crippen molar-refractivity contribution in [2.45, 2.75) is 45.3 Å². The summed E-state index contributed by atoms with van der Waals surface area (Å²) in [6, 6.07) is 1.90. The topological polar surface area (TPSA) is 60.2 Å². The first-order valence-corrected chi connectivity index (χ1v) is 7.18. The highest BCUT2D eigenvalue weighted by Gasteiger charge is 2.24. The molecule has 0 spiro atoms. The van der Waals surface area contributed by atoms with E-state index in [0.717, 1.165) is 31.4 Å². The predicted octanol–water partition coefficient (Wildman–Crippen LogP) is 3.17. The molecule has 2 atom stereocenters. The molecule has 0 aliphatic carbocycles. The van der Waals surface area contributed by atoms with Crippen LogP contribution in [0.2, 0.25) is 5.02 Å². The Morgan fingerprint density at radius 1 is 1.42 bits per heavy atom. The summed E-state index contributed by atoms with van der Waals surface area (Å²) in [6.07, 6.45) is 4.70. The van der Waals surface area contributed by atoms with Gasteiger partial charge in [-0.1, -0.05) is 31.9 Å². The summed E-state index contributed by atoms with van der Waals surface area (Å²) in [5.41, 5.74) is 6.90. The zero-order valence-corrected chi connectivity index (χ0v) is 12.7. The van der Waals surface area contributed by atoms with Gasteiger partial charge in [0, 0.05) is 18.9 Å². The molecule has 3 N–H and O–H groups in total. The monoisotopic (exact) mass is 285 g/mol. The molecule has 0 aliphatic heterocycles. The van der Waals surface area contributed by atoms with Crippen LogP contribution in [0.3, 0.4) is 0 Å². The fourth-order valence-electron chi connectivity index (χ4n) is 2.16. The Bertz CT molecular complexity index is 387. The lowest BCUT2D eigenvalue weighted by molar-refractivity contribution is 0.0607. The summed E-state index contributed by atoms with van der Waals surface area (Å²) >= 11 is 6.03. The van der Waals surface area contributed by atoms with Gasteiger partial charge in [-0.15, -0.1) is 0 Å². The maximum Gasteiger partial charge on any atom is 0.128 e. The molecular weight excluding hydrogens is 262 g/mol. The zero-order valence-electron chi connectivity index (χ0n) is 11.9. The average molecular weight is 286 g/mol. The van der Waals surface area contributed by atoms with Crippen molar-refractivity contribution in [3.05, 3.63) is 22.8 Å². The summed E-state index contributed by atoms with van der Waals surface area (Å²) in [5.74, 6) is 0.510. The number of aromatic nitrogens is 1. The van der Waals surface area contributed by atoms with Crippen molar-refractivity contribution < 1.29 is 4.74 Å². The van der Waals surface area contributed by atoms with Gasteiger partial charge in [-0.25, -0.2) is 4.98 Å². The van der Waals surface area contributed by atoms with E-state index in [-0.39, 0.29) is 12.1 Å². The van der Waals surface area contributed by atoms with Gasteiger partial charge in [0.05, 0.1) is 17.2 Å². The average Bonchev–Trinajstić information content (AvgIpc) is 2.41. The second kappa shape index (κ2) is 8.35. The Kier molecular flexibility index (Phi) is 7.13. The first kappa shape index (κ1) is 16.2. The fourth-order valence-corrected chi connectivity index (χ4v) is 2.33. The Morgan fingerprint density at radius 3 is 2.74 bits per heavy atom. The summed E-state index contributed by atoms with van der Waals surface area (Å²) < 4.78 is 5.61. The minimum Gasteiger partial charge on any atom is -0.383 e. The molecule has 5 heteroatoms. The quantitative estimate of drug-likeness (QED) is 0.770. The third-order valence-electron chi connectivity index (χ3n) is 3.11. The first-order chi connectivity index (χ1) is 9.13. The highest BCUT2D eigenvalue weighted by Crippen LogP contribution is 2.28. The Labute approximate surface area is 120 Å². The lowest BCUT2D eigenvalue weighted by Gasteiger charge is -2.28. The van der Waals surface area contributed by atoms with Gasteiger partial charge in [-0.05, 0) is 25.5 Å². The largest absolute Gasteiger partial charge is 0.383 e. The summed E-state index contributed by atoms with van der Waals surface area (Å²) in [5, 5.41) is 4.08. The smallest absolute Gasteiger partial charge is 0.128 e. The number of nitrogen functional groups attached to an aromatic ring is 1. The molecule has 0 fully saturated rings. The third-order valence-corrected chi connectivity index (χ3v) is 3.32. The lowest BCUT2D eigenvalue weighted by atomic mass is 9.98. The number of halogens is 1. The van der Waals surface area contributed by atoms with Crippen molar-refractivity contribution in [2.75, 3.05) is 19.4 Å². The highest BCUT2D eigenvalue weighted by molar-refractivity contribution is 6.30. The van der Waals surface area contributed by atoms with Crippen LogP contribution in [0.15, 0.2) is 12.3 Å². The number of methoxy groups -OCH3 is 1. The molecule has 4 nitrogen and oxygen atoms in total. The minimum atomic E-state index is 0.0242. The van der Waals surface area contributed by atoms with E-state index in [1.54, 1.807) is 13.3 Å². The van der Waals surface area contributed by atoms with Crippen LogP contribution in [0.5, 0.6) is 0 Å². The molecule has 0 bridgehead atoms. The van der Waals surface area contributed by atoms with Crippen molar-refractivity contribution >= 4 is 17.4 Å². The number of rotatable bonds is 8. The SMILES string of the molecule is CCCNC(c1cc(Cl)cnc1N)C(CCC)OC. The molecule has 1 aromatic rings. The Hall–Kier alpha value is -0.840. The van der Waals surface area contributed by atoms with Crippen LogP contribution in [0.1, 0.15) is 44.7 Å². The molecule has 1 rings (SSSR count). The van der Waals surface area contributed by atoms with Crippen molar-refractivity contribution in [3.8, 4) is 0 Å². The van der Waals surface area contributed by atoms with Gasteiger partial charge < -0.3 is 15.8 Å².